The van der Waals surface area contributed by atoms with Crippen LogP contribution >= 0.6 is 0 Å². The van der Waals surface area contributed by atoms with Gasteiger partial charge in [0.1, 0.15) is 6.61 Å². The fourth-order valence-electron chi connectivity index (χ4n) is 4.03. The zero-order valence-corrected chi connectivity index (χ0v) is 22.0. The van der Waals surface area contributed by atoms with Gasteiger partial charge in [-0.3, -0.25) is 9.59 Å². The molecular formula is C30H50O4. The van der Waals surface area contributed by atoms with Crippen LogP contribution in [0.4, 0.5) is 0 Å². The molecule has 1 aromatic rings. The lowest BCUT2D eigenvalue weighted by Crippen LogP contribution is -2.05. The zero-order valence-electron chi connectivity index (χ0n) is 22.0. The van der Waals surface area contributed by atoms with Gasteiger partial charge in [-0.25, -0.2) is 0 Å². The van der Waals surface area contributed by atoms with E-state index in [9.17, 15) is 9.59 Å². The molecule has 0 aliphatic carbocycles. The molecule has 0 aliphatic heterocycles. The van der Waals surface area contributed by atoms with Crippen LogP contribution in [0.15, 0.2) is 30.3 Å². The Labute approximate surface area is 209 Å². The first kappa shape index (κ1) is 30.2. The van der Waals surface area contributed by atoms with Crippen molar-refractivity contribution in [1.82, 2.24) is 0 Å². The van der Waals surface area contributed by atoms with Crippen molar-refractivity contribution in [3.05, 3.63) is 35.9 Å². The Kier molecular flexibility index (Phi) is 19.2. The minimum atomic E-state index is -0.122. The van der Waals surface area contributed by atoms with Gasteiger partial charge in [-0.1, -0.05) is 121 Å². The summed E-state index contributed by atoms with van der Waals surface area (Å²) >= 11 is 0. The Morgan fingerprint density at radius 1 is 0.618 bits per heavy atom. The van der Waals surface area contributed by atoms with E-state index in [1.165, 1.54) is 51.4 Å². The van der Waals surface area contributed by atoms with E-state index in [-0.39, 0.29) is 11.9 Å². The highest BCUT2D eigenvalue weighted by molar-refractivity contribution is 5.69. The quantitative estimate of drug-likeness (QED) is 0.125. The van der Waals surface area contributed by atoms with Crippen molar-refractivity contribution in [2.75, 3.05) is 6.61 Å². The number of carbonyl (C=O) groups is 2. The van der Waals surface area contributed by atoms with E-state index in [4.69, 9.17) is 9.47 Å². The molecule has 1 rings (SSSR count). The zero-order chi connectivity index (χ0) is 24.7. The van der Waals surface area contributed by atoms with Crippen LogP contribution in [0.5, 0.6) is 0 Å². The number of unbranched alkanes of at least 4 members (excludes halogenated alkanes) is 12. The summed E-state index contributed by atoms with van der Waals surface area (Å²) < 4.78 is 10.7. The largest absolute Gasteiger partial charge is 0.466 e. The number of esters is 2. The first-order chi connectivity index (χ1) is 16.6. The third-order valence-corrected chi connectivity index (χ3v) is 6.19. The second-order valence-electron chi connectivity index (χ2n) is 10.00. The average Bonchev–Trinajstić information content (AvgIpc) is 2.83. The summed E-state index contributed by atoms with van der Waals surface area (Å²) in [4.78, 5) is 23.6. The van der Waals surface area contributed by atoms with Crippen LogP contribution in [0.3, 0.4) is 0 Å². The molecule has 0 saturated carbocycles. The fraction of sp³-hybridized carbons (Fsp3) is 0.733. The molecule has 0 bridgehead atoms. The highest BCUT2D eigenvalue weighted by Gasteiger charge is 2.05. The Hall–Kier alpha value is -1.84. The molecule has 0 aliphatic rings. The topological polar surface area (TPSA) is 52.6 Å². The molecular weight excluding hydrogens is 424 g/mol. The smallest absolute Gasteiger partial charge is 0.306 e. The molecule has 0 unspecified atom stereocenters. The van der Waals surface area contributed by atoms with Crippen molar-refractivity contribution in [3.63, 3.8) is 0 Å². The summed E-state index contributed by atoms with van der Waals surface area (Å²) in [6.07, 6.45) is 18.6. The van der Waals surface area contributed by atoms with Crippen LogP contribution in [-0.4, -0.2) is 18.5 Å². The minimum Gasteiger partial charge on any atom is -0.466 e. The molecule has 4 nitrogen and oxygen atoms in total. The summed E-state index contributed by atoms with van der Waals surface area (Å²) in [5.41, 5.74) is 1.02. The first-order valence-corrected chi connectivity index (χ1v) is 13.9. The molecule has 194 valence electrons. The van der Waals surface area contributed by atoms with E-state index in [1.54, 1.807) is 0 Å². The highest BCUT2D eigenvalue weighted by atomic mass is 16.5. The normalized spacial score (nSPS) is 11.0. The summed E-state index contributed by atoms with van der Waals surface area (Å²) in [6.45, 7) is 5.53. The maximum Gasteiger partial charge on any atom is 0.306 e. The van der Waals surface area contributed by atoms with E-state index in [2.05, 4.69) is 13.8 Å². The second kappa shape index (κ2) is 21.7. The molecule has 1 aromatic carbocycles. The van der Waals surface area contributed by atoms with E-state index < -0.39 is 0 Å². The lowest BCUT2D eigenvalue weighted by Gasteiger charge is -2.06. The molecule has 0 N–H and O–H groups in total. The SMILES string of the molecule is CC(C)CCCCCCCCCCOC(=O)CCCCCCCCC(=O)OCc1ccccc1. The van der Waals surface area contributed by atoms with Crippen LogP contribution < -0.4 is 0 Å². The lowest BCUT2D eigenvalue weighted by molar-refractivity contribution is -0.145. The Bertz CT molecular complexity index is 611. The van der Waals surface area contributed by atoms with Gasteiger partial charge in [0.25, 0.3) is 0 Å². The predicted octanol–water partition coefficient (Wildman–Crippen LogP) is 8.56. The van der Waals surface area contributed by atoms with Gasteiger partial charge in [-0.2, -0.15) is 0 Å². The lowest BCUT2D eigenvalue weighted by atomic mass is 10.0. The number of carbonyl (C=O) groups excluding carboxylic acids is 2. The molecule has 0 heterocycles. The monoisotopic (exact) mass is 474 g/mol. The van der Waals surface area contributed by atoms with E-state index in [1.807, 2.05) is 30.3 Å². The summed E-state index contributed by atoms with van der Waals surface area (Å²) in [5, 5.41) is 0. The van der Waals surface area contributed by atoms with Gasteiger partial charge in [0.2, 0.25) is 0 Å². The molecule has 0 atom stereocenters. The van der Waals surface area contributed by atoms with Crippen LogP contribution in [0.2, 0.25) is 0 Å². The third-order valence-electron chi connectivity index (χ3n) is 6.19. The summed E-state index contributed by atoms with van der Waals surface area (Å²) in [7, 11) is 0. The van der Waals surface area contributed by atoms with Crippen LogP contribution in [0, 0.1) is 5.92 Å². The maximum atomic E-state index is 11.8. The van der Waals surface area contributed by atoms with E-state index in [0.717, 1.165) is 56.4 Å². The third kappa shape index (κ3) is 19.6. The van der Waals surface area contributed by atoms with Gasteiger partial charge in [0, 0.05) is 12.8 Å². The Balaban J connectivity index is 1.78. The number of rotatable bonds is 22. The van der Waals surface area contributed by atoms with Gasteiger partial charge in [0.05, 0.1) is 6.61 Å². The highest BCUT2D eigenvalue weighted by Crippen LogP contribution is 2.13. The number of benzene rings is 1. The molecule has 34 heavy (non-hydrogen) atoms. The maximum absolute atomic E-state index is 11.8. The van der Waals surface area contributed by atoms with Crippen LogP contribution in [-0.2, 0) is 25.7 Å². The van der Waals surface area contributed by atoms with Gasteiger partial charge in [-0.15, -0.1) is 0 Å². The van der Waals surface area contributed by atoms with Crippen LogP contribution in [0.25, 0.3) is 0 Å². The van der Waals surface area contributed by atoms with Crippen molar-refractivity contribution >= 4 is 11.9 Å². The number of ether oxygens (including phenoxy) is 2. The molecule has 0 fully saturated rings. The first-order valence-electron chi connectivity index (χ1n) is 13.9. The minimum absolute atomic E-state index is 0.0497. The van der Waals surface area contributed by atoms with Crippen molar-refractivity contribution in [2.45, 2.75) is 130 Å². The van der Waals surface area contributed by atoms with Crippen molar-refractivity contribution < 1.29 is 19.1 Å². The van der Waals surface area contributed by atoms with Crippen LogP contribution in [0.1, 0.15) is 129 Å². The Morgan fingerprint density at radius 2 is 1.09 bits per heavy atom. The molecule has 0 radical (unpaired) electrons. The van der Waals surface area contributed by atoms with Gasteiger partial charge in [0.15, 0.2) is 0 Å². The number of hydrogen-bond acceptors (Lipinski definition) is 4. The van der Waals surface area contributed by atoms with E-state index in [0.29, 0.717) is 26.1 Å². The predicted molar refractivity (Wildman–Crippen MR) is 141 cm³/mol. The van der Waals surface area contributed by atoms with Crippen molar-refractivity contribution in [3.8, 4) is 0 Å². The molecule has 0 aromatic heterocycles. The van der Waals surface area contributed by atoms with E-state index >= 15 is 0 Å². The molecule has 0 amide bonds. The van der Waals surface area contributed by atoms with Gasteiger partial charge >= 0.3 is 11.9 Å². The van der Waals surface area contributed by atoms with Crippen molar-refractivity contribution in [1.29, 1.82) is 0 Å². The molecule has 0 spiro atoms. The Morgan fingerprint density at radius 3 is 1.65 bits per heavy atom. The molecule has 4 heteroatoms. The molecule has 0 saturated heterocycles. The van der Waals surface area contributed by atoms with Gasteiger partial charge in [-0.05, 0) is 30.7 Å². The fourth-order valence-corrected chi connectivity index (χ4v) is 4.03. The van der Waals surface area contributed by atoms with Gasteiger partial charge < -0.3 is 9.47 Å². The van der Waals surface area contributed by atoms with Crippen molar-refractivity contribution in [2.24, 2.45) is 5.92 Å². The summed E-state index contributed by atoms with van der Waals surface area (Å²) in [6, 6.07) is 9.76. The second-order valence-corrected chi connectivity index (χ2v) is 10.00. The summed E-state index contributed by atoms with van der Waals surface area (Å²) in [5.74, 6) is 0.664. The number of hydrogen-bond donors (Lipinski definition) is 0. The standard InChI is InChI=1S/C30H50O4/c1-27(2)20-14-9-5-3-4-8-12-19-25-33-29(31)23-17-10-6-7-11-18-24-30(32)34-26-28-21-15-13-16-22-28/h13,15-16,21-22,27H,3-12,14,17-20,23-26H2,1-2H3. The average molecular weight is 475 g/mol.